The maximum atomic E-state index is 13.6. The molecule has 0 radical (unpaired) electrons. The fourth-order valence-electron chi connectivity index (χ4n) is 3.47. The van der Waals surface area contributed by atoms with E-state index >= 15 is 0 Å². The van der Waals surface area contributed by atoms with Crippen molar-refractivity contribution in [3.63, 3.8) is 0 Å². The van der Waals surface area contributed by atoms with Gasteiger partial charge < -0.3 is 9.47 Å². The number of benzene rings is 2. The average Bonchev–Trinajstić information content (AvgIpc) is 3.03. The number of cyclic esters (lactones) is 1. The van der Waals surface area contributed by atoms with Crippen LogP contribution in [0.2, 0.25) is 0 Å². The lowest BCUT2D eigenvalue weighted by molar-refractivity contribution is -0.491. The molecule has 0 N–H and O–H groups in total. The third-order valence-corrected chi connectivity index (χ3v) is 4.82. The van der Waals surface area contributed by atoms with Gasteiger partial charge in [-0.1, -0.05) is 60.7 Å². The van der Waals surface area contributed by atoms with Crippen LogP contribution in [-0.2, 0) is 19.9 Å². The molecule has 1 fully saturated rings. The molecule has 2 atom stereocenters. The van der Waals surface area contributed by atoms with Gasteiger partial charge in [0.05, 0.1) is 5.92 Å². The lowest BCUT2D eigenvalue weighted by Gasteiger charge is -2.35. The van der Waals surface area contributed by atoms with Crippen molar-refractivity contribution in [2.24, 2.45) is 0 Å². The van der Waals surface area contributed by atoms with Gasteiger partial charge in [-0.25, -0.2) is 4.79 Å². The second kappa shape index (κ2) is 7.52. The first-order valence-electron chi connectivity index (χ1n) is 8.64. The fourth-order valence-corrected chi connectivity index (χ4v) is 3.47. The van der Waals surface area contributed by atoms with Crippen LogP contribution < -0.4 is 0 Å². The van der Waals surface area contributed by atoms with Crippen molar-refractivity contribution >= 4 is 5.97 Å². The van der Waals surface area contributed by atoms with Crippen LogP contribution in [0.3, 0.4) is 0 Å². The molecular formula is C19H13F6NO5. The monoisotopic (exact) mass is 449 g/mol. The van der Waals surface area contributed by atoms with Crippen LogP contribution in [-0.4, -0.2) is 35.6 Å². The van der Waals surface area contributed by atoms with Crippen molar-refractivity contribution in [3.8, 4) is 0 Å². The van der Waals surface area contributed by atoms with Crippen LogP contribution >= 0.6 is 0 Å². The summed E-state index contributed by atoms with van der Waals surface area (Å²) in [7, 11) is 0. The van der Waals surface area contributed by atoms with Gasteiger partial charge >= 0.3 is 24.1 Å². The van der Waals surface area contributed by atoms with Crippen LogP contribution in [0.15, 0.2) is 60.7 Å². The molecular weight excluding hydrogens is 436 g/mol. The Kier molecular flexibility index (Phi) is 5.47. The number of halogens is 6. The Morgan fingerprint density at radius 2 is 1.39 bits per heavy atom. The first kappa shape index (κ1) is 22.5. The first-order valence-corrected chi connectivity index (χ1v) is 8.64. The van der Waals surface area contributed by atoms with Crippen LogP contribution in [0.5, 0.6) is 0 Å². The Morgan fingerprint density at radius 3 is 1.81 bits per heavy atom. The molecule has 3 rings (SSSR count). The summed E-state index contributed by atoms with van der Waals surface area (Å²) in [6.45, 7) is -1.21. The smallest absolute Gasteiger partial charge is 0.413 e. The summed E-state index contributed by atoms with van der Waals surface area (Å²) in [5, 5.41) is 11.3. The predicted octanol–water partition coefficient (Wildman–Crippen LogP) is 4.34. The number of carbonyl (C=O) groups is 1. The van der Waals surface area contributed by atoms with Gasteiger partial charge in [0, 0.05) is 4.92 Å². The lowest BCUT2D eigenvalue weighted by atomic mass is 9.77. The maximum Gasteiger partial charge on any atom is 0.465 e. The van der Waals surface area contributed by atoms with Crippen molar-refractivity contribution in [1.82, 2.24) is 0 Å². The molecule has 12 heteroatoms. The number of ether oxygens (including phenoxy) is 2. The van der Waals surface area contributed by atoms with Crippen LogP contribution in [0.1, 0.15) is 17.0 Å². The van der Waals surface area contributed by atoms with Crippen LogP contribution in [0.25, 0.3) is 0 Å². The molecule has 1 aliphatic rings. The Morgan fingerprint density at radius 1 is 0.903 bits per heavy atom. The minimum Gasteiger partial charge on any atom is -0.413 e. The first-order chi connectivity index (χ1) is 14.3. The van der Waals surface area contributed by atoms with E-state index in [9.17, 15) is 41.3 Å². The van der Waals surface area contributed by atoms with Crippen molar-refractivity contribution in [2.75, 3.05) is 6.54 Å². The van der Waals surface area contributed by atoms with Crippen molar-refractivity contribution in [2.45, 2.75) is 29.7 Å². The summed E-state index contributed by atoms with van der Waals surface area (Å²) in [6, 6.07) is 12.6. The number of alkyl halides is 6. The van der Waals surface area contributed by atoms with E-state index in [1.807, 2.05) is 0 Å². The molecule has 6 nitrogen and oxygen atoms in total. The molecule has 1 aliphatic heterocycles. The van der Waals surface area contributed by atoms with Gasteiger partial charge in [0.2, 0.25) is 12.1 Å². The minimum atomic E-state index is -6.21. The highest BCUT2D eigenvalue weighted by Crippen LogP contribution is 2.58. The SMILES string of the molecule is O=C1OC(C(F)(F)F)(C(F)(F)F)O[C@@]1(c1ccccc1)[C@@H](C[N+](=O)[O-])c1ccccc1. The van der Waals surface area contributed by atoms with E-state index in [4.69, 9.17) is 0 Å². The molecule has 166 valence electrons. The molecule has 0 saturated carbocycles. The van der Waals surface area contributed by atoms with E-state index in [2.05, 4.69) is 9.47 Å². The standard InChI is InChI=1S/C19H13F6NO5/c20-18(21,22)17(19(23,24)25)30-15(27)16(31-17,13-9-5-2-6-10-13)14(11-26(28)29)12-7-3-1-4-8-12/h1-10,14H,11H2/t14-,16-/m0/s1. The number of nitro groups is 1. The van der Waals surface area contributed by atoms with Crippen LogP contribution in [0, 0.1) is 10.1 Å². The fraction of sp³-hybridized carbons (Fsp3) is 0.316. The molecule has 0 amide bonds. The zero-order valence-corrected chi connectivity index (χ0v) is 15.3. The van der Waals surface area contributed by atoms with Crippen LogP contribution in [0.4, 0.5) is 26.3 Å². The molecule has 0 spiro atoms. The van der Waals surface area contributed by atoms with Crippen molar-refractivity contribution in [3.05, 3.63) is 81.9 Å². The summed E-state index contributed by atoms with van der Waals surface area (Å²) in [5.41, 5.74) is -3.63. The second-order valence-corrected chi connectivity index (χ2v) is 6.68. The van der Waals surface area contributed by atoms with Gasteiger partial charge in [-0.2, -0.15) is 26.3 Å². The number of hydrogen-bond donors (Lipinski definition) is 0. The lowest BCUT2D eigenvalue weighted by Crippen LogP contribution is -2.59. The van der Waals surface area contributed by atoms with Gasteiger partial charge in [0.1, 0.15) is 0 Å². The number of rotatable bonds is 5. The Hall–Kier alpha value is -3.15. The summed E-state index contributed by atoms with van der Waals surface area (Å²) >= 11 is 0. The zero-order valence-electron chi connectivity index (χ0n) is 15.3. The van der Waals surface area contributed by atoms with E-state index in [-0.39, 0.29) is 5.56 Å². The third kappa shape index (κ3) is 3.60. The van der Waals surface area contributed by atoms with E-state index < -0.39 is 52.7 Å². The maximum absolute atomic E-state index is 13.6. The number of nitrogens with zero attached hydrogens (tertiary/aromatic N) is 1. The Bertz CT molecular complexity index is 949. The number of carbonyl (C=O) groups excluding carboxylic acids is 1. The van der Waals surface area contributed by atoms with Crippen molar-refractivity contribution in [1.29, 1.82) is 0 Å². The van der Waals surface area contributed by atoms with E-state index in [0.29, 0.717) is 0 Å². The Labute approximate surface area is 170 Å². The van der Waals surface area contributed by atoms with Gasteiger partial charge in [-0.15, -0.1) is 0 Å². The van der Waals surface area contributed by atoms with Crippen molar-refractivity contribution < 1.29 is 45.5 Å². The normalized spacial score (nSPS) is 22.1. The van der Waals surface area contributed by atoms with E-state index in [1.165, 1.54) is 48.5 Å². The molecule has 1 heterocycles. The molecule has 1 saturated heterocycles. The molecule has 31 heavy (non-hydrogen) atoms. The molecule has 2 aromatic carbocycles. The summed E-state index contributed by atoms with van der Waals surface area (Å²) < 4.78 is 90.2. The van der Waals surface area contributed by atoms with E-state index in [1.54, 1.807) is 0 Å². The minimum absolute atomic E-state index is 0.0832. The average molecular weight is 449 g/mol. The molecule has 0 unspecified atom stereocenters. The highest BCUT2D eigenvalue weighted by molar-refractivity contribution is 5.85. The number of hydrogen-bond acceptors (Lipinski definition) is 5. The predicted molar refractivity (Wildman–Crippen MR) is 91.2 cm³/mol. The summed E-state index contributed by atoms with van der Waals surface area (Å²) in [5.74, 6) is -9.20. The van der Waals surface area contributed by atoms with E-state index in [0.717, 1.165) is 12.1 Å². The third-order valence-electron chi connectivity index (χ3n) is 4.82. The molecule has 2 aromatic rings. The van der Waals surface area contributed by atoms with Gasteiger partial charge in [0.15, 0.2) is 0 Å². The molecule has 0 aromatic heterocycles. The van der Waals surface area contributed by atoms with Gasteiger partial charge in [-0.05, 0) is 11.1 Å². The summed E-state index contributed by atoms with van der Waals surface area (Å²) in [6.07, 6.45) is -12.4. The highest BCUT2D eigenvalue weighted by Gasteiger charge is 2.84. The topological polar surface area (TPSA) is 78.7 Å². The van der Waals surface area contributed by atoms with Gasteiger partial charge in [-0.3, -0.25) is 10.1 Å². The molecule has 0 bridgehead atoms. The Balaban J connectivity index is 2.33. The van der Waals surface area contributed by atoms with Gasteiger partial charge in [0.25, 0.3) is 0 Å². The molecule has 0 aliphatic carbocycles. The highest BCUT2D eigenvalue weighted by atomic mass is 19.4. The number of esters is 1. The zero-order chi connectivity index (χ0) is 23.1. The summed E-state index contributed by atoms with van der Waals surface area (Å²) in [4.78, 5) is 23.2. The largest absolute Gasteiger partial charge is 0.465 e. The second-order valence-electron chi connectivity index (χ2n) is 6.68. The quantitative estimate of drug-likeness (QED) is 0.294.